The Morgan fingerprint density at radius 3 is 2.75 bits per heavy atom. The molecule has 0 N–H and O–H groups in total. The fourth-order valence-electron chi connectivity index (χ4n) is 2.04. The van der Waals surface area contributed by atoms with Gasteiger partial charge >= 0.3 is 0 Å². The maximum absolute atomic E-state index is 11.4. The monoisotopic (exact) mass is 246 g/mol. The molecular formula is C11H19ClN2O2. The SMILES string of the molecule is CC(=O)N(C)C[C@@H]1CCCN(C(=O)CCl)C1. The highest BCUT2D eigenvalue weighted by Gasteiger charge is 2.24. The zero-order valence-electron chi connectivity index (χ0n) is 9.91. The van der Waals surface area contributed by atoms with Crippen molar-refractivity contribution in [1.29, 1.82) is 0 Å². The van der Waals surface area contributed by atoms with Crippen LogP contribution >= 0.6 is 11.6 Å². The van der Waals surface area contributed by atoms with Crippen LogP contribution in [0.4, 0.5) is 0 Å². The number of halogens is 1. The van der Waals surface area contributed by atoms with E-state index in [0.29, 0.717) is 5.92 Å². The molecular weight excluding hydrogens is 228 g/mol. The van der Waals surface area contributed by atoms with Crippen LogP contribution in [-0.4, -0.2) is 54.2 Å². The molecule has 16 heavy (non-hydrogen) atoms. The molecule has 0 saturated carbocycles. The van der Waals surface area contributed by atoms with Gasteiger partial charge in [0.25, 0.3) is 0 Å². The van der Waals surface area contributed by atoms with Crippen molar-refractivity contribution < 1.29 is 9.59 Å². The summed E-state index contributed by atoms with van der Waals surface area (Å²) in [7, 11) is 1.80. The molecule has 0 aromatic heterocycles. The van der Waals surface area contributed by atoms with E-state index >= 15 is 0 Å². The number of nitrogens with zero attached hydrogens (tertiary/aromatic N) is 2. The number of amides is 2. The topological polar surface area (TPSA) is 40.6 Å². The third-order valence-electron chi connectivity index (χ3n) is 3.06. The van der Waals surface area contributed by atoms with Gasteiger partial charge in [0.05, 0.1) is 0 Å². The van der Waals surface area contributed by atoms with Gasteiger partial charge in [-0.25, -0.2) is 0 Å². The second-order valence-electron chi connectivity index (χ2n) is 4.38. The van der Waals surface area contributed by atoms with E-state index in [4.69, 9.17) is 11.6 Å². The molecule has 2 amide bonds. The predicted molar refractivity (Wildman–Crippen MR) is 63.3 cm³/mol. The van der Waals surface area contributed by atoms with Crippen LogP contribution < -0.4 is 0 Å². The quantitative estimate of drug-likeness (QED) is 0.696. The van der Waals surface area contributed by atoms with Gasteiger partial charge in [-0.1, -0.05) is 0 Å². The van der Waals surface area contributed by atoms with E-state index in [1.807, 2.05) is 0 Å². The predicted octanol–water partition coefficient (Wildman–Crippen LogP) is 0.942. The smallest absolute Gasteiger partial charge is 0.237 e. The van der Waals surface area contributed by atoms with E-state index in [-0.39, 0.29) is 17.7 Å². The lowest BCUT2D eigenvalue weighted by Gasteiger charge is -2.34. The Hall–Kier alpha value is -0.770. The third kappa shape index (κ3) is 3.67. The van der Waals surface area contributed by atoms with E-state index in [2.05, 4.69) is 0 Å². The largest absolute Gasteiger partial charge is 0.346 e. The summed E-state index contributed by atoms with van der Waals surface area (Å²) in [5.41, 5.74) is 0. The van der Waals surface area contributed by atoms with Crippen LogP contribution in [0.3, 0.4) is 0 Å². The Morgan fingerprint density at radius 2 is 2.19 bits per heavy atom. The molecule has 1 heterocycles. The standard InChI is InChI=1S/C11H19ClN2O2/c1-9(15)13(2)7-10-4-3-5-14(8-10)11(16)6-12/h10H,3-8H2,1-2H3/t10-/m0/s1. The summed E-state index contributed by atoms with van der Waals surface area (Å²) in [6.07, 6.45) is 2.07. The molecule has 1 aliphatic heterocycles. The van der Waals surface area contributed by atoms with Gasteiger partial charge in [-0.3, -0.25) is 9.59 Å². The molecule has 92 valence electrons. The second-order valence-corrected chi connectivity index (χ2v) is 4.65. The molecule has 1 saturated heterocycles. The number of rotatable bonds is 3. The van der Waals surface area contributed by atoms with Crippen LogP contribution in [-0.2, 0) is 9.59 Å². The first kappa shape index (κ1) is 13.3. The first-order chi connectivity index (χ1) is 7.54. The maximum Gasteiger partial charge on any atom is 0.237 e. The van der Waals surface area contributed by atoms with Gasteiger partial charge in [0.1, 0.15) is 5.88 Å². The first-order valence-electron chi connectivity index (χ1n) is 5.60. The Morgan fingerprint density at radius 1 is 1.50 bits per heavy atom. The van der Waals surface area contributed by atoms with E-state index < -0.39 is 0 Å². The van der Waals surface area contributed by atoms with Crippen LogP contribution in [0.25, 0.3) is 0 Å². The number of carbonyl (C=O) groups excluding carboxylic acids is 2. The van der Waals surface area contributed by atoms with Crippen LogP contribution in [0.5, 0.6) is 0 Å². The molecule has 0 spiro atoms. The maximum atomic E-state index is 11.4. The molecule has 0 radical (unpaired) electrons. The van der Waals surface area contributed by atoms with Crippen molar-refractivity contribution in [2.24, 2.45) is 5.92 Å². The summed E-state index contributed by atoms with van der Waals surface area (Å²) in [4.78, 5) is 26.1. The van der Waals surface area contributed by atoms with Crippen molar-refractivity contribution in [3.05, 3.63) is 0 Å². The highest BCUT2D eigenvalue weighted by molar-refractivity contribution is 6.27. The molecule has 0 unspecified atom stereocenters. The number of alkyl halides is 1. The van der Waals surface area contributed by atoms with Gasteiger partial charge in [-0.05, 0) is 18.8 Å². The zero-order chi connectivity index (χ0) is 12.1. The lowest BCUT2D eigenvalue weighted by Crippen LogP contribution is -2.44. The highest BCUT2D eigenvalue weighted by Crippen LogP contribution is 2.17. The Kier molecular flexibility index (Phi) is 5.06. The number of carbonyl (C=O) groups is 2. The lowest BCUT2D eigenvalue weighted by atomic mass is 9.97. The fraction of sp³-hybridized carbons (Fsp3) is 0.818. The van der Waals surface area contributed by atoms with Gasteiger partial charge in [-0.15, -0.1) is 11.6 Å². The summed E-state index contributed by atoms with van der Waals surface area (Å²) in [6, 6.07) is 0. The van der Waals surface area contributed by atoms with Crippen molar-refractivity contribution in [3.63, 3.8) is 0 Å². The van der Waals surface area contributed by atoms with Crippen LogP contribution in [0.15, 0.2) is 0 Å². The van der Waals surface area contributed by atoms with Crippen LogP contribution in [0, 0.1) is 5.92 Å². The fourth-order valence-corrected chi connectivity index (χ4v) is 2.21. The number of piperidine rings is 1. The third-order valence-corrected chi connectivity index (χ3v) is 3.28. The van der Waals surface area contributed by atoms with Crippen LogP contribution in [0.2, 0.25) is 0 Å². The summed E-state index contributed by atoms with van der Waals surface area (Å²) >= 11 is 5.53. The molecule has 0 aromatic rings. The first-order valence-corrected chi connectivity index (χ1v) is 6.13. The average Bonchev–Trinajstić information content (AvgIpc) is 2.28. The average molecular weight is 247 g/mol. The lowest BCUT2D eigenvalue weighted by molar-refractivity contribution is -0.131. The van der Waals surface area contributed by atoms with Crippen molar-refractivity contribution >= 4 is 23.4 Å². The van der Waals surface area contributed by atoms with E-state index in [9.17, 15) is 9.59 Å². The van der Waals surface area contributed by atoms with Gasteiger partial charge < -0.3 is 9.80 Å². The summed E-state index contributed by atoms with van der Waals surface area (Å²) in [5.74, 6) is 0.502. The van der Waals surface area contributed by atoms with Crippen molar-refractivity contribution in [2.45, 2.75) is 19.8 Å². The van der Waals surface area contributed by atoms with Gasteiger partial charge in [0.2, 0.25) is 11.8 Å². The van der Waals surface area contributed by atoms with E-state index in [0.717, 1.165) is 32.5 Å². The molecule has 0 bridgehead atoms. The van der Waals surface area contributed by atoms with Crippen molar-refractivity contribution in [2.75, 3.05) is 32.6 Å². The van der Waals surface area contributed by atoms with Crippen LogP contribution in [0.1, 0.15) is 19.8 Å². The van der Waals surface area contributed by atoms with Gasteiger partial charge in [-0.2, -0.15) is 0 Å². The molecule has 1 atom stereocenters. The van der Waals surface area contributed by atoms with E-state index in [1.165, 1.54) is 0 Å². The Labute approximate surface area is 102 Å². The minimum atomic E-state index is -0.00292. The summed E-state index contributed by atoms with van der Waals surface area (Å²) < 4.78 is 0. The summed E-state index contributed by atoms with van der Waals surface area (Å²) in [5, 5.41) is 0. The minimum absolute atomic E-state index is 0.00292. The number of hydrogen-bond donors (Lipinski definition) is 0. The normalized spacial score (nSPS) is 20.7. The molecule has 5 heteroatoms. The number of hydrogen-bond acceptors (Lipinski definition) is 2. The molecule has 1 fully saturated rings. The Balaban J connectivity index is 2.44. The van der Waals surface area contributed by atoms with Gasteiger partial charge in [0.15, 0.2) is 0 Å². The van der Waals surface area contributed by atoms with E-state index in [1.54, 1.807) is 23.8 Å². The minimum Gasteiger partial charge on any atom is -0.346 e. The molecule has 1 rings (SSSR count). The van der Waals surface area contributed by atoms with Gasteiger partial charge in [0, 0.05) is 33.6 Å². The van der Waals surface area contributed by atoms with Crippen molar-refractivity contribution in [1.82, 2.24) is 9.80 Å². The summed E-state index contributed by atoms with van der Waals surface area (Å²) in [6.45, 7) is 3.81. The highest BCUT2D eigenvalue weighted by atomic mass is 35.5. The molecule has 4 nitrogen and oxygen atoms in total. The van der Waals surface area contributed by atoms with Crippen molar-refractivity contribution in [3.8, 4) is 0 Å². The second kappa shape index (κ2) is 6.09. The zero-order valence-corrected chi connectivity index (χ0v) is 10.7. The number of likely N-dealkylation sites (tertiary alicyclic amines) is 1. The molecule has 0 aliphatic carbocycles. The Bertz CT molecular complexity index is 271. The molecule has 1 aliphatic rings. The molecule has 0 aromatic carbocycles.